The van der Waals surface area contributed by atoms with E-state index in [1.54, 1.807) is 4.57 Å². The number of aromatic nitrogens is 3. The summed E-state index contributed by atoms with van der Waals surface area (Å²) < 4.78 is 7.51. The lowest BCUT2D eigenvalue weighted by atomic mass is 10.2. The largest absolute Gasteiger partial charge is 0.480 e. The van der Waals surface area contributed by atoms with E-state index in [4.69, 9.17) is 4.42 Å². The molecule has 2 aromatic heterocycles. The zero-order chi connectivity index (χ0) is 16.6. The molecule has 23 heavy (non-hydrogen) atoms. The van der Waals surface area contributed by atoms with E-state index in [1.807, 2.05) is 51.1 Å². The van der Waals surface area contributed by atoms with Crippen LogP contribution in [0.15, 0.2) is 34.7 Å². The van der Waals surface area contributed by atoms with Gasteiger partial charge in [0.25, 0.3) is 5.89 Å². The minimum atomic E-state index is -0.876. The Morgan fingerprint density at radius 2 is 2.04 bits per heavy atom. The van der Waals surface area contributed by atoms with Gasteiger partial charge in [-0.05, 0) is 18.6 Å². The Balaban J connectivity index is 2.24. The highest BCUT2D eigenvalue weighted by Gasteiger charge is 2.25. The van der Waals surface area contributed by atoms with Crippen LogP contribution < -0.4 is 0 Å². The molecule has 1 aromatic carbocycles. The molecule has 0 radical (unpaired) electrons. The van der Waals surface area contributed by atoms with Crippen molar-refractivity contribution < 1.29 is 14.3 Å². The van der Waals surface area contributed by atoms with Crippen molar-refractivity contribution >= 4 is 16.9 Å². The van der Waals surface area contributed by atoms with Gasteiger partial charge in [0.2, 0.25) is 5.89 Å². The van der Waals surface area contributed by atoms with Gasteiger partial charge < -0.3 is 14.1 Å². The summed E-state index contributed by atoms with van der Waals surface area (Å²) in [4.78, 5) is 11.7. The van der Waals surface area contributed by atoms with Crippen LogP contribution in [0.3, 0.4) is 0 Å². The minimum Gasteiger partial charge on any atom is -0.480 e. The van der Waals surface area contributed by atoms with Crippen LogP contribution >= 0.6 is 0 Å². The van der Waals surface area contributed by atoms with Gasteiger partial charge in [0.05, 0.1) is 0 Å². The van der Waals surface area contributed by atoms with Crippen molar-refractivity contribution in [2.45, 2.75) is 39.2 Å². The highest BCUT2D eigenvalue weighted by atomic mass is 16.4. The Labute approximate surface area is 133 Å². The first-order valence-electron chi connectivity index (χ1n) is 7.69. The summed E-state index contributed by atoms with van der Waals surface area (Å²) in [6.45, 7) is 5.79. The molecule has 1 N–H and O–H groups in total. The van der Waals surface area contributed by atoms with Gasteiger partial charge in [0.15, 0.2) is 0 Å². The lowest BCUT2D eigenvalue weighted by Crippen LogP contribution is -2.18. The molecule has 0 aliphatic heterocycles. The van der Waals surface area contributed by atoms with Crippen molar-refractivity contribution in [3.8, 4) is 11.6 Å². The molecule has 0 aliphatic carbocycles. The number of hydrogen-bond acceptors (Lipinski definition) is 4. The Bertz CT molecular complexity index is 848. The van der Waals surface area contributed by atoms with Crippen LogP contribution in [-0.4, -0.2) is 25.8 Å². The molecule has 0 bridgehead atoms. The molecule has 0 saturated heterocycles. The van der Waals surface area contributed by atoms with E-state index in [2.05, 4.69) is 10.2 Å². The molecule has 6 nitrogen and oxygen atoms in total. The predicted molar refractivity (Wildman–Crippen MR) is 86.3 cm³/mol. The van der Waals surface area contributed by atoms with Gasteiger partial charge in [0, 0.05) is 16.8 Å². The van der Waals surface area contributed by atoms with Gasteiger partial charge in [-0.1, -0.05) is 39.0 Å². The number of aliphatic carboxylic acids is 1. The lowest BCUT2D eigenvalue weighted by molar-refractivity contribution is -0.140. The van der Waals surface area contributed by atoms with Crippen molar-refractivity contribution in [3.05, 3.63) is 36.2 Å². The van der Waals surface area contributed by atoms with Crippen LogP contribution in [0.4, 0.5) is 0 Å². The van der Waals surface area contributed by atoms with Crippen LogP contribution in [0.5, 0.6) is 0 Å². The summed E-state index contributed by atoms with van der Waals surface area (Å²) in [7, 11) is 0. The second-order valence-electron chi connectivity index (χ2n) is 5.82. The first-order chi connectivity index (χ1) is 11.0. The highest BCUT2D eigenvalue weighted by molar-refractivity contribution is 5.88. The molecular formula is C17H19N3O3. The van der Waals surface area contributed by atoms with Crippen molar-refractivity contribution in [1.29, 1.82) is 0 Å². The molecular weight excluding hydrogens is 294 g/mol. The third kappa shape index (κ3) is 2.60. The smallest absolute Gasteiger partial charge is 0.326 e. The Kier molecular flexibility index (Phi) is 3.90. The second-order valence-corrected chi connectivity index (χ2v) is 5.82. The fraction of sp³-hybridized carbons (Fsp3) is 0.353. The number of nitrogens with zero attached hydrogens (tertiary/aromatic N) is 3. The maximum absolute atomic E-state index is 11.7. The maximum Gasteiger partial charge on any atom is 0.326 e. The van der Waals surface area contributed by atoms with Gasteiger partial charge in [-0.25, -0.2) is 4.79 Å². The van der Waals surface area contributed by atoms with Crippen LogP contribution in [0, 0.1) is 0 Å². The van der Waals surface area contributed by atoms with Gasteiger partial charge in [-0.15, -0.1) is 10.2 Å². The van der Waals surface area contributed by atoms with Gasteiger partial charge in [-0.2, -0.15) is 0 Å². The Morgan fingerprint density at radius 1 is 1.30 bits per heavy atom. The van der Waals surface area contributed by atoms with E-state index in [0.29, 0.717) is 23.9 Å². The van der Waals surface area contributed by atoms with E-state index in [0.717, 1.165) is 10.9 Å². The van der Waals surface area contributed by atoms with E-state index < -0.39 is 12.0 Å². The molecule has 0 aliphatic rings. The van der Waals surface area contributed by atoms with Crippen LogP contribution in [0.1, 0.15) is 45.0 Å². The van der Waals surface area contributed by atoms with Gasteiger partial charge in [0.1, 0.15) is 11.7 Å². The molecule has 0 amide bonds. The highest BCUT2D eigenvalue weighted by Crippen LogP contribution is 2.32. The van der Waals surface area contributed by atoms with E-state index in [9.17, 15) is 9.90 Å². The number of carbonyl (C=O) groups is 1. The molecule has 1 atom stereocenters. The van der Waals surface area contributed by atoms with Crippen molar-refractivity contribution in [2.75, 3.05) is 0 Å². The van der Waals surface area contributed by atoms with Crippen LogP contribution in [0.2, 0.25) is 0 Å². The standard InChI is InChI=1S/C17H19N3O3/c1-4-12(17(21)22)20-13-8-6-5-7-11(13)9-14(20)16-19-18-15(23-16)10(2)3/h5-10,12H,4H2,1-3H3,(H,21,22). The normalized spacial score (nSPS) is 12.9. The maximum atomic E-state index is 11.7. The number of carboxylic acids is 1. The fourth-order valence-corrected chi connectivity index (χ4v) is 2.72. The Hall–Kier alpha value is -2.63. The van der Waals surface area contributed by atoms with Crippen molar-refractivity contribution in [1.82, 2.24) is 14.8 Å². The van der Waals surface area contributed by atoms with Crippen molar-refractivity contribution in [2.24, 2.45) is 0 Å². The summed E-state index contributed by atoms with van der Waals surface area (Å²) in [5, 5.41) is 18.7. The molecule has 120 valence electrons. The number of carboxylic acid groups (broad SMARTS) is 1. The van der Waals surface area contributed by atoms with E-state index in [1.165, 1.54) is 0 Å². The summed E-state index contributed by atoms with van der Waals surface area (Å²) >= 11 is 0. The molecule has 0 saturated carbocycles. The molecule has 2 heterocycles. The average Bonchev–Trinajstić information content (AvgIpc) is 3.13. The number of rotatable bonds is 5. The lowest BCUT2D eigenvalue weighted by Gasteiger charge is -2.16. The average molecular weight is 313 g/mol. The minimum absolute atomic E-state index is 0.121. The number of para-hydroxylation sites is 1. The second kappa shape index (κ2) is 5.87. The predicted octanol–water partition coefficient (Wildman–Crippen LogP) is 3.85. The molecule has 3 aromatic rings. The monoisotopic (exact) mass is 313 g/mol. The topological polar surface area (TPSA) is 81.1 Å². The summed E-state index contributed by atoms with van der Waals surface area (Å²) in [6, 6.07) is 8.89. The first-order valence-corrected chi connectivity index (χ1v) is 7.69. The fourth-order valence-electron chi connectivity index (χ4n) is 2.72. The molecule has 0 fully saturated rings. The van der Waals surface area contributed by atoms with E-state index >= 15 is 0 Å². The zero-order valence-electron chi connectivity index (χ0n) is 13.4. The number of hydrogen-bond donors (Lipinski definition) is 1. The first kappa shape index (κ1) is 15.3. The van der Waals surface area contributed by atoms with E-state index in [-0.39, 0.29) is 5.92 Å². The summed E-state index contributed by atoms with van der Waals surface area (Å²) in [5.41, 5.74) is 1.49. The third-order valence-corrected chi connectivity index (χ3v) is 3.89. The van der Waals surface area contributed by atoms with Gasteiger partial charge in [-0.3, -0.25) is 0 Å². The number of benzene rings is 1. The number of fused-ring (bicyclic) bond motifs is 1. The summed E-state index contributed by atoms with van der Waals surface area (Å²) in [5.74, 6) is 0.138. The third-order valence-electron chi connectivity index (χ3n) is 3.89. The SMILES string of the molecule is CCC(C(=O)O)n1c(-c2nnc(C(C)C)o2)cc2ccccc21. The summed E-state index contributed by atoms with van der Waals surface area (Å²) in [6.07, 6.45) is 0.464. The molecule has 1 unspecified atom stereocenters. The molecule has 0 spiro atoms. The van der Waals surface area contributed by atoms with Crippen LogP contribution in [-0.2, 0) is 4.79 Å². The van der Waals surface area contributed by atoms with Gasteiger partial charge >= 0.3 is 5.97 Å². The van der Waals surface area contributed by atoms with Crippen molar-refractivity contribution in [3.63, 3.8) is 0 Å². The molecule has 3 rings (SSSR count). The molecule has 6 heteroatoms. The Morgan fingerprint density at radius 3 is 2.65 bits per heavy atom. The zero-order valence-corrected chi connectivity index (χ0v) is 13.4. The quantitative estimate of drug-likeness (QED) is 0.773. The van der Waals surface area contributed by atoms with Crippen LogP contribution in [0.25, 0.3) is 22.5 Å².